The Hall–Kier alpha value is -2.26. The van der Waals surface area contributed by atoms with Crippen molar-refractivity contribution in [3.8, 4) is 0 Å². The average molecular weight is 406 g/mol. The number of amides is 1. The highest BCUT2D eigenvalue weighted by molar-refractivity contribution is 8.00. The number of anilines is 1. The number of ether oxygens (including phenoxy) is 1. The minimum absolute atomic E-state index is 0.0712. The zero-order chi connectivity index (χ0) is 19.4. The number of hydrogen-bond acceptors (Lipinski definition) is 7. The first-order valence-electron chi connectivity index (χ1n) is 8.42. The molecular weight excluding hydrogens is 386 g/mol. The van der Waals surface area contributed by atoms with E-state index in [1.54, 1.807) is 38.2 Å². The highest BCUT2D eigenvalue weighted by Gasteiger charge is 2.21. The average Bonchev–Trinajstić information content (AvgIpc) is 3.13. The standard InChI is InChI=1S/C18H19N3O4S2/c1-3-25-17(24)11-6-4-5-7-12(11)19-14(22)10-27-18-20-13-8-9-26-15(13)16(23)21(18)2/h4-7H,3,8-10H2,1-2H3,(H,19,22). The van der Waals surface area contributed by atoms with E-state index in [9.17, 15) is 14.4 Å². The Bertz CT molecular complexity index is 943. The summed E-state index contributed by atoms with van der Waals surface area (Å²) in [6.07, 6.45) is 0.767. The predicted molar refractivity (Wildman–Crippen MR) is 106 cm³/mol. The van der Waals surface area contributed by atoms with E-state index in [4.69, 9.17) is 4.74 Å². The molecule has 1 aromatic carbocycles. The molecule has 0 fully saturated rings. The number of thioether (sulfide) groups is 2. The third-order valence-electron chi connectivity index (χ3n) is 3.89. The van der Waals surface area contributed by atoms with Crippen LogP contribution in [0.4, 0.5) is 5.69 Å². The van der Waals surface area contributed by atoms with Gasteiger partial charge in [0.25, 0.3) is 5.56 Å². The van der Waals surface area contributed by atoms with Crippen LogP contribution in [0.1, 0.15) is 23.0 Å². The third-order valence-corrected chi connectivity index (χ3v) is 6.03. The van der Waals surface area contributed by atoms with Gasteiger partial charge in [0.1, 0.15) is 0 Å². The predicted octanol–water partition coefficient (Wildman–Crippen LogP) is 2.34. The lowest BCUT2D eigenvalue weighted by atomic mass is 10.2. The quantitative estimate of drug-likeness (QED) is 0.448. The summed E-state index contributed by atoms with van der Waals surface area (Å²) in [6.45, 7) is 1.98. The van der Waals surface area contributed by atoms with Gasteiger partial charge in [0, 0.05) is 19.2 Å². The normalized spacial score (nSPS) is 12.5. The van der Waals surface area contributed by atoms with Crippen LogP contribution in [0.3, 0.4) is 0 Å². The second kappa shape index (κ2) is 8.62. The molecule has 0 aliphatic carbocycles. The van der Waals surface area contributed by atoms with Gasteiger partial charge in [-0.25, -0.2) is 9.78 Å². The molecule has 2 aromatic rings. The molecule has 9 heteroatoms. The van der Waals surface area contributed by atoms with Crippen molar-refractivity contribution in [2.75, 3.05) is 23.4 Å². The molecule has 3 rings (SSSR count). The topological polar surface area (TPSA) is 90.3 Å². The number of para-hydroxylation sites is 1. The zero-order valence-corrected chi connectivity index (χ0v) is 16.6. The molecule has 1 amide bonds. The molecular formula is C18H19N3O4S2. The third kappa shape index (κ3) is 4.36. The van der Waals surface area contributed by atoms with E-state index in [-0.39, 0.29) is 23.8 Å². The van der Waals surface area contributed by atoms with Crippen molar-refractivity contribution >= 4 is 41.1 Å². The van der Waals surface area contributed by atoms with E-state index < -0.39 is 5.97 Å². The SMILES string of the molecule is CCOC(=O)c1ccccc1NC(=O)CSc1nc2c(c(=O)n1C)SCC2. The van der Waals surface area contributed by atoms with Crippen molar-refractivity contribution in [2.24, 2.45) is 7.05 Å². The number of hydrogen-bond donors (Lipinski definition) is 1. The summed E-state index contributed by atoms with van der Waals surface area (Å²) in [6, 6.07) is 6.69. The lowest BCUT2D eigenvalue weighted by Gasteiger charge is -2.11. The van der Waals surface area contributed by atoms with Gasteiger partial charge in [-0.3, -0.25) is 14.2 Å². The maximum Gasteiger partial charge on any atom is 0.340 e. The van der Waals surface area contributed by atoms with Crippen LogP contribution in [0.15, 0.2) is 39.1 Å². The number of carbonyl (C=O) groups excluding carboxylic acids is 2. The Morgan fingerprint density at radius 3 is 2.93 bits per heavy atom. The van der Waals surface area contributed by atoms with Gasteiger partial charge in [-0.1, -0.05) is 23.9 Å². The number of esters is 1. The number of nitrogens with one attached hydrogen (secondary N) is 1. The van der Waals surface area contributed by atoms with E-state index >= 15 is 0 Å². The summed E-state index contributed by atoms with van der Waals surface area (Å²) in [4.78, 5) is 41.9. The van der Waals surface area contributed by atoms with Crippen LogP contribution in [0.2, 0.25) is 0 Å². The Morgan fingerprint density at radius 1 is 1.37 bits per heavy atom. The molecule has 0 saturated heterocycles. The van der Waals surface area contributed by atoms with Crippen LogP contribution in [-0.2, 0) is 23.0 Å². The van der Waals surface area contributed by atoms with E-state index in [0.717, 1.165) is 17.9 Å². The van der Waals surface area contributed by atoms with Crippen LogP contribution < -0.4 is 10.9 Å². The van der Waals surface area contributed by atoms with Gasteiger partial charge in [0.15, 0.2) is 5.16 Å². The fourth-order valence-corrected chi connectivity index (χ4v) is 4.45. The van der Waals surface area contributed by atoms with Crippen LogP contribution in [0, 0.1) is 0 Å². The maximum absolute atomic E-state index is 12.3. The largest absolute Gasteiger partial charge is 0.462 e. The molecule has 1 N–H and O–H groups in total. The molecule has 7 nitrogen and oxygen atoms in total. The second-order valence-electron chi connectivity index (χ2n) is 5.74. The molecule has 1 aliphatic rings. The molecule has 2 heterocycles. The Kier molecular flexibility index (Phi) is 6.22. The summed E-state index contributed by atoms with van der Waals surface area (Å²) in [5, 5.41) is 3.24. The van der Waals surface area contributed by atoms with Crippen molar-refractivity contribution in [3.63, 3.8) is 0 Å². The minimum Gasteiger partial charge on any atom is -0.462 e. The number of aryl methyl sites for hydroxylation is 1. The second-order valence-corrected chi connectivity index (χ2v) is 7.78. The minimum atomic E-state index is -0.485. The molecule has 0 spiro atoms. The number of nitrogens with zero attached hydrogens (tertiary/aromatic N) is 2. The zero-order valence-electron chi connectivity index (χ0n) is 15.0. The molecule has 1 aliphatic heterocycles. The van der Waals surface area contributed by atoms with Crippen LogP contribution in [0.5, 0.6) is 0 Å². The fraction of sp³-hybridized carbons (Fsp3) is 0.333. The summed E-state index contributed by atoms with van der Waals surface area (Å²) in [5.41, 5.74) is 1.43. The van der Waals surface area contributed by atoms with Crippen molar-refractivity contribution in [3.05, 3.63) is 45.9 Å². The van der Waals surface area contributed by atoms with Crippen LogP contribution in [-0.4, -0.2) is 39.5 Å². The summed E-state index contributed by atoms with van der Waals surface area (Å²) in [5.74, 6) is 0.155. The highest BCUT2D eigenvalue weighted by Crippen LogP contribution is 2.28. The monoisotopic (exact) mass is 405 g/mol. The van der Waals surface area contributed by atoms with E-state index in [1.807, 2.05) is 0 Å². The Balaban J connectivity index is 1.69. The summed E-state index contributed by atoms with van der Waals surface area (Å²) in [7, 11) is 1.66. The maximum atomic E-state index is 12.3. The lowest BCUT2D eigenvalue weighted by molar-refractivity contribution is -0.113. The first kappa shape index (κ1) is 19.5. The number of carbonyl (C=O) groups is 2. The summed E-state index contributed by atoms with van der Waals surface area (Å²) >= 11 is 2.72. The number of benzene rings is 1. The Labute approximate surface area is 164 Å². The van der Waals surface area contributed by atoms with Gasteiger partial charge in [0.2, 0.25) is 5.91 Å². The number of aromatic nitrogens is 2. The highest BCUT2D eigenvalue weighted by atomic mass is 32.2. The van der Waals surface area contributed by atoms with Gasteiger partial charge >= 0.3 is 5.97 Å². The van der Waals surface area contributed by atoms with Gasteiger partial charge in [-0.05, 0) is 19.1 Å². The first-order valence-corrected chi connectivity index (χ1v) is 10.4. The molecule has 1 aromatic heterocycles. The van der Waals surface area contributed by atoms with E-state index in [2.05, 4.69) is 10.3 Å². The molecule has 0 radical (unpaired) electrons. The Morgan fingerprint density at radius 2 is 2.15 bits per heavy atom. The van der Waals surface area contributed by atoms with Gasteiger partial charge in [-0.2, -0.15) is 0 Å². The molecule has 27 heavy (non-hydrogen) atoms. The fourth-order valence-electron chi connectivity index (χ4n) is 2.59. The first-order chi connectivity index (χ1) is 13.0. The van der Waals surface area contributed by atoms with Crippen molar-refractivity contribution in [1.82, 2.24) is 9.55 Å². The molecule has 0 atom stereocenters. The van der Waals surface area contributed by atoms with Crippen LogP contribution in [0.25, 0.3) is 0 Å². The van der Waals surface area contributed by atoms with Crippen molar-refractivity contribution in [2.45, 2.75) is 23.4 Å². The van der Waals surface area contributed by atoms with Crippen molar-refractivity contribution in [1.29, 1.82) is 0 Å². The molecule has 0 unspecified atom stereocenters. The lowest BCUT2D eigenvalue weighted by Crippen LogP contribution is -2.23. The van der Waals surface area contributed by atoms with Crippen LogP contribution >= 0.6 is 23.5 Å². The van der Waals surface area contributed by atoms with E-state index in [0.29, 0.717) is 21.3 Å². The van der Waals surface area contributed by atoms with Gasteiger partial charge in [0.05, 0.1) is 34.2 Å². The number of fused-ring (bicyclic) bond motifs is 1. The summed E-state index contributed by atoms with van der Waals surface area (Å²) < 4.78 is 6.48. The molecule has 0 bridgehead atoms. The molecule has 142 valence electrons. The van der Waals surface area contributed by atoms with Gasteiger partial charge < -0.3 is 10.1 Å². The smallest absolute Gasteiger partial charge is 0.340 e. The molecule has 0 saturated carbocycles. The van der Waals surface area contributed by atoms with Gasteiger partial charge in [-0.15, -0.1) is 11.8 Å². The van der Waals surface area contributed by atoms with E-state index in [1.165, 1.54) is 28.1 Å². The van der Waals surface area contributed by atoms with Crippen molar-refractivity contribution < 1.29 is 14.3 Å². The number of rotatable bonds is 6.